The van der Waals surface area contributed by atoms with Crippen molar-refractivity contribution in [3.05, 3.63) is 34.6 Å². The van der Waals surface area contributed by atoms with Gasteiger partial charge in [-0.25, -0.2) is 4.39 Å². The predicted molar refractivity (Wildman–Crippen MR) is 95.4 cm³/mol. The Morgan fingerprint density at radius 2 is 1.83 bits per heavy atom. The van der Waals surface area contributed by atoms with Crippen LogP contribution < -0.4 is 0 Å². The summed E-state index contributed by atoms with van der Waals surface area (Å²) in [6, 6.07) is 4.11. The van der Waals surface area contributed by atoms with E-state index in [0.717, 1.165) is 61.3 Å². The smallest absolute Gasteiger partial charge is 0.129 e. The van der Waals surface area contributed by atoms with E-state index < -0.39 is 0 Å². The Balaban J connectivity index is 1.77. The maximum atomic E-state index is 14.5. The van der Waals surface area contributed by atoms with Gasteiger partial charge in [0.1, 0.15) is 5.82 Å². The van der Waals surface area contributed by atoms with Crippen molar-refractivity contribution in [2.45, 2.75) is 84.7 Å². The third-order valence-electron chi connectivity index (χ3n) is 5.23. The molecule has 0 aliphatic carbocycles. The number of halogens is 1. The summed E-state index contributed by atoms with van der Waals surface area (Å²) in [4.78, 5) is 0. The summed E-state index contributed by atoms with van der Waals surface area (Å²) in [7, 11) is 0. The molecule has 1 aliphatic heterocycles. The first kappa shape index (κ1) is 18.4. The molecular formula is C21H33FO. The van der Waals surface area contributed by atoms with Gasteiger partial charge in [-0.1, -0.05) is 38.8 Å². The molecule has 0 aromatic heterocycles. The quantitative estimate of drug-likeness (QED) is 0.570. The number of benzene rings is 1. The molecule has 1 fully saturated rings. The van der Waals surface area contributed by atoms with Crippen LogP contribution in [0.3, 0.4) is 0 Å². The number of rotatable bonds is 8. The molecule has 1 aromatic carbocycles. The first-order chi connectivity index (χ1) is 11.2. The van der Waals surface area contributed by atoms with E-state index in [1.807, 2.05) is 13.0 Å². The maximum absolute atomic E-state index is 14.5. The van der Waals surface area contributed by atoms with Gasteiger partial charge in [-0.2, -0.15) is 0 Å². The zero-order valence-electron chi connectivity index (χ0n) is 15.2. The van der Waals surface area contributed by atoms with Crippen LogP contribution in [0.25, 0.3) is 0 Å². The summed E-state index contributed by atoms with van der Waals surface area (Å²) in [5, 5.41) is 0. The first-order valence-electron chi connectivity index (χ1n) is 9.54. The Morgan fingerprint density at radius 3 is 2.48 bits per heavy atom. The summed E-state index contributed by atoms with van der Waals surface area (Å²) >= 11 is 0. The van der Waals surface area contributed by atoms with Crippen LogP contribution >= 0.6 is 0 Å². The Morgan fingerprint density at radius 1 is 1.04 bits per heavy atom. The third-order valence-corrected chi connectivity index (χ3v) is 5.23. The lowest BCUT2D eigenvalue weighted by molar-refractivity contribution is -0.0226. The minimum absolute atomic E-state index is 0.0172. The van der Waals surface area contributed by atoms with Crippen molar-refractivity contribution in [1.29, 1.82) is 0 Å². The fraction of sp³-hybridized carbons (Fsp3) is 0.714. The van der Waals surface area contributed by atoms with Crippen molar-refractivity contribution >= 4 is 0 Å². The summed E-state index contributed by atoms with van der Waals surface area (Å²) in [6.45, 7) is 7.23. The molecule has 1 heterocycles. The van der Waals surface area contributed by atoms with Gasteiger partial charge in [0.2, 0.25) is 0 Å². The molecule has 0 saturated carbocycles. The van der Waals surface area contributed by atoms with Crippen molar-refractivity contribution in [3.8, 4) is 0 Å². The van der Waals surface area contributed by atoms with Crippen LogP contribution in [0.4, 0.5) is 4.39 Å². The molecule has 0 N–H and O–H groups in total. The molecule has 23 heavy (non-hydrogen) atoms. The minimum Gasteiger partial charge on any atom is -0.378 e. The molecule has 0 bridgehead atoms. The molecule has 2 unspecified atom stereocenters. The zero-order chi connectivity index (χ0) is 16.7. The maximum Gasteiger partial charge on any atom is 0.129 e. The Labute approximate surface area is 141 Å². The molecule has 0 radical (unpaired) electrons. The van der Waals surface area contributed by atoms with E-state index in [2.05, 4.69) is 19.9 Å². The molecule has 2 heteroatoms. The topological polar surface area (TPSA) is 9.23 Å². The average molecular weight is 320 g/mol. The van der Waals surface area contributed by atoms with Crippen LogP contribution in [-0.4, -0.2) is 12.7 Å². The third kappa shape index (κ3) is 5.31. The van der Waals surface area contributed by atoms with Crippen molar-refractivity contribution < 1.29 is 9.13 Å². The summed E-state index contributed by atoms with van der Waals surface area (Å²) in [5.74, 6) is 0.783. The fourth-order valence-corrected chi connectivity index (χ4v) is 3.76. The van der Waals surface area contributed by atoms with Crippen molar-refractivity contribution in [1.82, 2.24) is 0 Å². The average Bonchev–Trinajstić information content (AvgIpc) is 2.56. The Bertz CT molecular complexity index is 475. The van der Waals surface area contributed by atoms with E-state index in [1.54, 1.807) is 0 Å². The predicted octanol–water partition coefficient (Wildman–Crippen LogP) is 6.00. The molecule has 0 spiro atoms. The molecular weight excluding hydrogens is 287 g/mol. The van der Waals surface area contributed by atoms with E-state index in [0.29, 0.717) is 6.10 Å². The highest BCUT2D eigenvalue weighted by Gasteiger charge is 2.20. The zero-order valence-corrected chi connectivity index (χ0v) is 15.2. The van der Waals surface area contributed by atoms with E-state index in [1.165, 1.54) is 25.7 Å². The summed E-state index contributed by atoms with van der Waals surface area (Å²) in [6.07, 6.45) is 10.4. The monoisotopic (exact) mass is 320 g/mol. The highest BCUT2D eigenvalue weighted by molar-refractivity contribution is 5.33. The van der Waals surface area contributed by atoms with Gasteiger partial charge in [-0.3, -0.25) is 0 Å². The van der Waals surface area contributed by atoms with Crippen LogP contribution in [-0.2, 0) is 17.6 Å². The van der Waals surface area contributed by atoms with Crippen molar-refractivity contribution in [2.24, 2.45) is 5.92 Å². The molecule has 1 saturated heterocycles. The molecule has 1 nitrogen and oxygen atoms in total. The van der Waals surface area contributed by atoms with Crippen molar-refractivity contribution in [2.75, 3.05) is 6.61 Å². The highest BCUT2D eigenvalue weighted by atomic mass is 19.1. The fourth-order valence-electron chi connectivity index (χ4n) is 3.76. The minimum atomic E-state index is 0.0172. The molecule has 2 atom stereocenters. The van der Waals surface area contributed by atoms with Gasteiger partial charge in [-0.15, -0.1) is 0 Å². The number of hydrogen-bond acceptors (Lipinski definition) is 1. The van der Waals surface area contributed by atoms with Crippen LogP contribution in [0.1, 0.15) is 75.5 Å². The lowest BCUT2D eigenvalue weighted by atomic mass is 9.92. The number of ether oxygens (including phenoxy) is 1. The highest BCUT2D eigenvalue weighted by Crippen LogP contribution is 2.26. The van der Waals surface area contributed by atoms with Crippen molar-refractivity contribution in [3.63, 3.8) is 0 Å². The Hall–Kier alpha value is -0.890. The van der Waals surface area contributed by atoms with Gasteiger partial charge < -0.3 is 4.74 Å². The normalized spacial score (nSPS) is 21.6. The second kappa shape index (κ2) is 9.42. The first-order valence-corrected chi connectivity index (χ1v) is 9.54. The lowest BCUT2D eigenvalue weighted by Crippen LogP contribution is -2.25. The second-order valence-corrected chi connectivity index (χ2v) is 7.15. The Kier molecular flexibility index (Phi) is 7.55. The number of hydrogen-bond donors (Lipinski definition) is 0. The molecule has 1 aromatic rings. The van der Waals surface area contributed by atoms with Gasteiger partial charge in [0.05, 0.1) is 6.10 Å². The van der Waals surface area contributed by atoms with Crippen LogP contribution in [0.2, 0.25) is 0 Å². The lowest BCUT2D eigenvalue weighted by Gasteiger charge is -2.29. The molecule has 130 valence electrons. The van der Waals surface area contributed by atoms with E-state index in [4.69, 9.17) is 4.74 Å². The van der Waals surface area contributed by atoms with Crippen LogP contribution in [0.15, 0.2) is 12.1 Å². The van der Waals surface area contributed by atoms with Gasteiger partial charge in [-0.05, 0) is 74.5 Å². The SMILES string of the molecule is CCCc1ccc(CCCC2CCC(CCC)CO2)c(F)c1C. The van der Waals surface area contributed by atoms with E-state index in [9.17, 15) is 4.39 Å². The van der Waals surface area contributed by atoms with Gasteiger partial charge in [0.25, 0.3) is 0 Å². The number of aryl methyl sites for hydroxylation is 2. The summed E-state index contributed by atoms with van der Waals surface area (Å²) < 4.78 is 20.4. The molecule has 0 amide bonds. The molecule has 1 aliphatic rings. The van der Waals surface area contributed by atoms with Crippen LogP contribution in [0.5, 0.6) is 0 Å². The largest absolute Gasteiger partial charge is 0.378 e. The summed E-state index contributed by atoms with van der Waals surface area (Å²) in [5.41, 5.74) is 2.88. The van der Waals surface area contributed by atoms with Gasteiger partial charge in [0.15, 0.2) is 0 Å². The van der Waals surface area contributed by atoms with Gasteiger partial charge >= 0.3 is 0 Å². The van der Waals surface area contributed by atoms with Gasteiger partial charge in [0, 0.05) is 6.61 Å². The standard InChI is InChI=1S/C21H33FO/c1-4-7-17-11-14-20(23-15-17)10-6-9-19-13-12-18(8-5-2)16(3)21(19)22/h12-13,17,20H,4-11,14-15H2,1-3H3. The second-order valence-electron chi connectivity index (χ2n) is 7.15. The van der Waals surface area contributed by atoms with E-state index in [-0.39, 0.29) is 5.82 Å². The van der Waals surface area contributed by atoms with Crippen LogP contribution in [0, 0.1) is 18.7 Å². The molecule has 2 rings (SSSR count). The van der Waals surface area contributed by atoms with E-state index >= 15 is 0 Å².